The zero-order chi connectivity index (χ0) is 12.4. The van der Waals surface area contributed by atoms with Crippen LogP contribution in [0.5, 0.6) is 0 Å². The molecule has 0 saturated heterocycles. The van der Waals surface area contributed by atoms with Gasteiger partial charge >= 0.3 is 0 Å². The van der Waals surface area contributed by atoms with Crippen LogP contribution in [0.1, 0.15) is 5.56 Å². The summed E-state index contributed by atoms with van der Waals surface area (Å²) in [7, 11) is 0. The molecule has 0 aliphatic rings. The Kier molecular flexibility index (Phi) is 3.46. The Balaban J connectivity index is 2.38. The lowest BCUT2D eigenvalue weighted by atomic mass is 10.2. The number of nitrogens with two attached hydrogens (primary N) is 1. The number of benzene rings is 2. The topological polar surface area (TPSA) is 38.0 Å². The van der Waals surface area contributed by atoms with Crippen molar-refractivity contribution in [1.82, 2.24) is 0 Å². The molecule has 0 aromatic heterocycles. The van der Waals surface area contributed by atoms with Crippen molar-refractivity contribution in [3.8, 4) is 0 Å². The summed E-state index contributed by atoms with van der Waals surface area (Å²) < 4.78 is 0. The van der Waals surface area contributed by atoms with E-state index in [1.807, 2.05) is 37.3 Å². The minimum Gasteiger partial charge on any atom is -0.396 e. The van der Waals surface area contributed by atoms with Gasteiger partial charge in [-0.25, -0.2) is 0 Å². The maximum atomic E-state index is 6.10. The fourth-order valence-electron chi connectivity index (χ4n) is 1.53. The highest BCUT2D eigenvalue weighted by Gasteiger charge is 2.05. The number of hydrogen-bond donors (Lipinski definition) is 2. The predicted octanol–water partition coefficient (Wildman–Crippen LogP) is 4.63. The third kappa shape index (κ3) is 2.65. The van der Waals surface area contributed by atoms with Gasteiger partial charge < -0.3 is 11.1 Å². The van der Waals surface area contributed by atoms with E-state index in [0.29, 0.717) is 15.7 Å². The van der Waals surface area contributed by atoms with Crippen molar-refractivity contribution in [2.75, 3.05) is 11.1 Å². The molecular weight excluding hydrogens is 255 g/mol. The van der Waals surface area contributed by atoms with Crippen molar-refractivity contribution in [2.45, 2.75) is 6.92 Å². The molecule has 2 rings (SSSR count). The molecule has 0 bridgehead atoms. The van der Waals surface area contributed by atoms with E-state index in [2.05, 4.69) is 5.32 Å². The Morgan fingerprint density at radius 2 is 1.76 bits per heavy atom. The molecule has 0 atom stereocenters. The van der Waals surface area contributed by atoms with Crippen molar-refractivity contribution < 1.29 is 0 Å². The summed E-state index contributed by atoms with van der Waals surface area (Å²) in [5.41, 5.74) is 9.10. The van der Waals surface area contributed by atoms with Gasteiger partial charge in [0.15, 0.2) is 0 Å². The number of rotatable bonds is 2. The summed E-state index contributed by atoms with van der Waals surface area (Å²) in [5, 5.41) is 4.36. The molecular formula is C13H12Cl2N2. The number of para-hydroxylation sites is 1. The van der Waals surface area contributed by atoms with Gasteiger partial charge in [0.2, 0.25) is 0 Å². The van der Waals surface area contributed by atoms with E-state index in [9.17, 15) is 0 Å². The molecule has 0 heterocycles. The lowest BCUT2D eigenvalue weighted by molar-refractivity contribution is 1.45. The monoisotopic (exact) mass is 266 g/mol. The number of nitrogen functional groups attached to an aromatic ring is 1. The second-order valence-electron chi connectivity index (χ2n) is 3.81. The Bertz CT molecular complexity index is 553. The van der Waals surface area contributed by atoms with Crippen LogP contribution in [0.4, 0.5) is 17.1 Å². The third-order valence-corrected chi connectivity index (χ3v) is 3.10. The number of nitrogens with one attached hydrogen (secondary N) is 1. The molecule has 0 amide bonds. The zero-order valence-electron chi connectivity index (χ0n) is 9.30. The maximum Gasteiger partial charge on any atom is 0.0742 e. The van der Waals surface area contributed by atoms with Gasteiger partial charge in [0.05, 0.1) is 27.1 Å². The lowest BCUT2D eigenvalue weighted by Crippen LogP contribution is -1.97. The molecule has 2 aromatic rings. The van der Waals surface area contributed by atoms with Gasteiger partial charge in [-0.3, -0.25) is 0 Å². The fourth-order valence-corrected chi connectivity index (χ4v) is 1.87. The molecule has 17 heavy (non-hydrogen) atoms. The number of anilines is 3. The van der Waals surface area contributed by atoms with Crippen LogP contribution >= 0.6 is 23.2 Å². The van der Waals surface area contributed by atoms with Crippen LogP contribution in [0.25, 0.3) is 0 Å². The molecule has 88 valence electrons. The van der Waals surface area contributed by atoms with E-state index in [-0.39, 0.29) is 0 Å². The van der Waals surface area contributed by atoms with E-state index < -0.39 is 0 Å². The van der Waals surface area contributed by atoms with E-state index in [1.54, 1.807) is 6.07 Å². The van der Waals surface area contributed by atoms with Crippen LogP contribution in [0.3, 0.4) is 0 Å². The third-order valence-electron chi connectivity index (χ3n) is 2.44. The molecule has 2 aromatic carbocycles. The summed E-state index contributed by atoms with van der Waals surface area (Å²) in [6.45, 7) is 2.00. The number of aryl methyl sites for hydroxylation is 1. The SMILES string of the molecule is Cc1ccc(Cl)c(Nc2cccc(Cl)c2N)c1. The van der Waals surface area contributed by atoms with Gasteiger partial charge in [-0.1, -0.05) is 35.3 Å². The van der Waals surface area contributed by atoms with Crippen LogP contribution in [0.15, 0.2) is 36.4 Å². The van der Waals surface area contributed by atoms with Gasteiger partial charge in [0, 0.05) is 0 Å². The van der Waals surface area contributed by atoms with Crippen LogP contribution in [-0.2, 0) is 0 Å². The number of halogens is 2. The Hall–Kier alpha value is -1.38. The highest BCUT2D eigenvalue weighted by atomic mass is 35.5. The van der Waals surface area contributed by atoms with Crippen LogP contribution < -0.4 is 11.1 Å². The van der Waals surface area contributed by atoms with Crippen molar-refractivity contribution in [3.05, 3.63) is 52.0 Å². The van der Waals surface area contributed by atoms with E-state index >= 15 is 0 Å². The summed E-state index contributed by atoms with van der Waals surface area (Å²) in [4.78, 5) is 0. The first-order valence-corrected chi connectivity index (χ1v) is 5.90. The molecule has 0 spiro atoms. The van der Waals surface area contributed by atoms with Gasteiger partial charge in [0.1, 0.15) is 0 Å². The summed E-state index contributed by atoms with van der Waals surface area (Å²) in [6, 6.07) is 11.2. The molecule has 0 fully saturated rings. The average molecular weight is 267 g/mol. The highest BCUT2D eigenvalue weighted by molar-refractivity contribution is 6.34. The summed E-state index contributed by atoms with van der Waals surface area (Å²) in [6.07, 6.45) is 0. The molecule has 0 aliphatic carbocycles. The molecule has 4 heteroatoms. The second-order valence-corrected chi connectivity index (χ2v) is 4.62. The molecule has 0 unspecified atom stereocenters. The van der Waals surface area contributed by atoms with Gasteiger partial charge in [-0.05, 0) is 36.8 Å². The first-order chi connectivity index (χ1) is 8.08. The Morgan fingerprint density at radius 3 is 2.53 bits per heavy atom. The minimum absolute atomic E-state index is 0.520. The first kappa shape index (κ1) is 12.1. The predicted molar refractivity (Wildman–Crippen MR) is 75.3 cm³/mol. The van der Waals surface area contributed by atoms with Crippen molar-refractivity contribution in [3.63, 3.8) is 0 Å². The highest BCUT2D eigenvalue weighted by Crippen LogP contribution is 2.32. The van der Waals surface area contributed by atoms with E-state index in [4.69, 9.17) is 28.9 Å². The van der Waals surface area contributed by atoms with Crippen LogP contribution in [-0.4, -0.2) is 0 Å². The molecule has 2 nitrogen and oxygen atoms in total. The minimum atomic E-state index is 0.520. The standard InChI is InChI=1S/C13H12Cl2N2/c1-8-5-6-9(14)12(7-8)17-11-4-2-3-10(15)13(11)16/h2-7,17H,16H2,1H3. The smallest absolute Gasteiger partial charge is 0.0742 e. The zero-order valence-corrected chi connectivity index (χ0v) is 10.8. The van der Waals surface area contributed by atoms with Gasteiger partial charge in [-0.15, -0.1) is 0 Å². The first-order valence-electron chi connectivity index (χ1n) is 5.15. The van der Waals surface area contributed by atoms with Crippen LogP contribution in [0.2, 0.25) is 10.0 Å². The van der Waals surface area contributed by atoms with Crippen molar-refractivity contribution in [1.29, 1.82) is 0 Å². The Morgan fingerprint density at radius 1 is 1.00 bits per heavy atom. The molecule has 0 saturated carbocycles. The number of hydrogen-bond acceptors (Lipinski definition) is 2. The second kappa shape index (κ2) is 4.86. The van der Waals surface area contributed by atoms with Crippen molar-refractivity contribution >= 4 is 40.3 Å². The summed E-state index contributed by atoms with van der Waals surface area (Å²) >= 11 is 12.1. The maximum absolute atomic E-state index is 6.10. The van der Waals surface area contributed by atoms with E-state index in [0.717, 1.165) is 16.9 Å². The molecule has 3 N–H and O–H groups in total. The Labute approximate surface area is 110 Å². The quantitative estimate of drug-likeness (QED) is 0.778. The lowest BCUT2D eigenvalue weighted by Gasteiger charge is -2.12. The van der Waals surface area contributed by atoms with E-state index in [1.165, 1.54) is 0 Å². The fraction of sp³-hybridized carbons (Fsp3) is 0.0769. The van der Waals surface area contributed by atoms with Gasteiger partial charge in [-0.2, -0.15) is 0 Å². The average Bonchev–Trinajstić information content (AvgIpc) is 2.30. The van der Waals surface area contributed by atoms with Crippen molar-refractivity contribution in [2.24, 2.45) is 0 Å². The normalized spacial score (nSPS) is 10.3. The molecule has 0 radical (unpaired) electrons. The summed E-state index contributed by atoms with van der Waals surface area (Å²) in [5.74, 6) is 0. The van der Waals surface area contributed by atoms with Gasteiger partial charge in [0.25, 0.3) is 0 Å². The molecule has 0 aliphatic heterocycles. The largest absolute Gasteiger partial charge is 0.396 e. The van der Waals surface area contributed by atoms with Crippen LogP contribution in [0, 0.1) is 6.92 Å².